The number of carbonyl (C=O) groups excluding carboxylic acids is 2. The number of ether oxygens (including phenoxy) is 1. The highest BCUT2D eigenvalue weighted by molar-refractivity contribution is 7.89. The summed E-state index contributed by atoms with van der Waals surface area (Å²) in [7, 11) is -3.86. The van der Waals surface area contributed by atoms with Gasteiger partial charge >= 0.3 is 5.97 Å². The van der Waals surface area contributed by atoms with E-state index in [9.17, 15) is 18.0 Å². The molecule has 0 unspecified atom stereocenters. The molecule has 1 amide bonds. The maximum atomic E-state index is 13.9. The molecule has 1 saturated heterocycles. The van der Waals surface area contributed by atoms with Gasteiger partial charge in [-0.05, 0) is 43.5 Å². The fraction of sp³-hybridized carbons (Fsp3) is 0.462. The van der Waals surface area contributed by atoms with Crippen molar-refractivity contribution in [3.05, 3.63) is 65.2 Å². The number of nitrogens with zero attached hydrogens (tertiary/aromatic N) is 1. The Morgan fingerprint density at radius 3 is 2.38 bits per heavy atom. The van der Waals surface area contributed by atoms with Crippen LogP contribution in [0.4, 0.5) is 0 Å². The molecule has 3 aliphatic rings. The molecular formula is C26H30N2O5S. The fourth-order valence-electron chi connectivity index (χ4n) is 5.70. The molecule has 2 fully saturated rings. The zero-order chi connectivity index (χ0) is 24.0. The second-order valence-corrected chi connectivity index (χ2v) is 11.5. The number of aryl methyl sites for hydroxylation is 1. The summed E-state index contributed by atoms with van der Waals surface area (Å²) < 4.78 is 35.2. The maximum Gasteiger partial charge on any atom is 0.339 e. The number of likely N-dealkylation sites (tertiary alicyclic amines) is 1. The quantitative estimate of drug-likeness (QED) is 0.672. The van der Waals surface area contributed by atoms with E-state index in [0.717, 1.165) is 30.4 Å². The Kier molecular flexibility index (Phi) is 5.76. The molecule has 8 heteroatoms. The molecule has 180 valence electrons. The lowest BCUT2D eigenvalue weighted by Crippen LogP contribution is -2.62. The molecule has 2 aromatic carbocycles. The first-order valence-corrected chi connectivity index (χ1v) is 13.5. The Hall–Kier alpha value is -2.71. The minimum Gasteiger partial charge on any atom is -0.450 e. The molecule has 7 nitrogen and oxygen atoms in total. The Bertz CT molecular complexity index is 1230. The van der Waals surface area contributed by atoms with Crippen LogP contribution in [0.2, 0.25) is 0 Å². The van der Waals surface area contributed by atoms with Crippen molar-refractivity contribution in [2.24, 2.45) is 0 Å². The lowest BCUT2D eigenvalue weighted by molar-refractivity contribution is -0.143. The SMILES string of the molecule is Cc1cccc(S(=O)(=O)NC2(C(=O)N3CCC4(CC3)OC(=O)c3ccccc34)CCCCC2)c1. The number of piperidine rings is 1. The Labute approximate surface area is 200 Å². The molecule has 2 heterocycles. The Morgan fingerprint density at radius 1 is 0.971 bits per heavy atom. The normalized spacial score (nSPS) is 21.2. The Morgan fingerprint density at radius 2 is 1.68 bits per heavy atom. The largest absolute Gasteiger partial charge is 0.450 e. The van der Waals surface area contributed by atoms with Crippen molar-refractivity contribution in [1.82, 2.24) is 9.62 Å². The molecular weight excluding hydrogens is 452 g/mol. The van der Waals surface area contributed by atoms with Gasteiger partial charge in [0, 0.05) is 31.5 Å². The first-order chi connectivity index (χ1) is 16.2. The molecule has 0 aromatic heterocycles. The molecule has 0 radical (unpaired) electrons. The van der Waals surface area contributed by atoms with E-state index in [1.165, 1.54) is 0 Å². The van der Waals surface area contributed by atoms with Crippen LogP contribution < -0.4 is 4.72 Å². The molecule has 1 spiro atoms. The van der Waals surface area contributed by atoms with Crippen LogP contribution in [0, 0.1) is 6.92 Å². The van der Waals surface area contributed by atoms with E-state index in [4.69, 9.17) is 4.74 Å². The highest BCUT2D eigenvalue weighted by Crippen LogP contribution is 2.44. The van der Waals surface area contributed by atoms with Crippen molar-refractivity contribution >= 4 is 21.9 Å². The van der Waals surface area contributed by atoms with E-state index >= 15 is 0 Å². The van der Waals surface area contributed by atoms with E-state index in [0.29, 0.717) is 44.3 Å². The number of sulfonamides is 1. The van der Waals surface area contributed by atoms with Gasteiger partial charge < -0.3 is 9.64 Å². The maximum absolute atomic E-state index is 13.9. The van der Waals surface area contributed by atoms with Gasteiger partial charge in [0.05, 0.1) is 10.5 Å². The van der Waals surface area contributed by atoms with Crippen LogP contribution in [-0.2, 0) is 25.2 Å². The molecule has 5 rings (SSSR count). The van der Waals surface area contributed by atoms with Crippen LogP contribution in [0.1, 0.15) is 66.4 Å². The van der Waals surface area contributed by atoms with Gasteiger partial charge in [0.25, 0.3) is 0 Å². The van der Waals surface area contributed by atoms with Crippen molar-refractivity contribution in [2.45, 2.75) is 67.9 Å². The molecule has 1 aliphatic carbocycles. The smallest absolute Gasteiger partial charge is 0.339 e. The first kappa shape index (κ1) is 23.1. The third kappa shape index (κ3) is 3.92. The summed E-state index contributed by atoms with van der Waals surface area (Å²) in [5.41, 5.74) is 0.483. The number of esters is 1. The first-order valence-electron chi connectivity index (χ1n) is 12.0. The summed E-state index contributed by atoms with van der Waals surface area (Å²) in [6.45, 7) is 2.67. The monoisotopic (exact) mass is 482 g/mol. The van der Waals surface area contributed by atoms with Crippen LogP contribution in [0.25, 0.3) is 0 Å². The zero-order valence-electron chi connectivity index (χ0n) is 19.4. The molecule has 1 saturated carbocycles. The van der Waals surface area contributed by atoms with Gasteiger partial charge in [0.15, 0.2) is 0 Å². The van der Waals surface area contributed by atoms with Gasteiger partial charge in [-0.15, -0.1) is 0 Å². The minimum absolute atomic E-state index is 0.170. The second-order valence-electron chi connectivity index (χ2n) is 9.79. The average molecular weight is 483 g/mol. The van der Waals surface area contributed by atoms with Crippen LogP contribution in [0.15, 0.2) is 53.4 Å². The molecule has 34 heavy (non-hydrogen) atoms. The topological polar surface area (TPSA) is 92.8 Å². The number of fused-ring (bicyclic) bond motifs is 2. The van der Waals surface area contributed by atoms with Gasteiger partial charge in [-0.25, -0.2) is 13.2 Å². The second kappa shape index (κ2) is 8.50. The molecule has 0 bridgehead atoms. The number of hydrogen-bond donors (Lipinski definition) is 1. The number of amides is 1. The Balaban J connectivity index is 1.37. The number of nitrogens with one attached hydrogen (secondary N) is 1. The van der Waals surface area contributed by atoms with E-state index in [1.807, 2.05) is 31.2 Å². The number of carbonyl (C=O) groups is 2. The molecule has 2 aliphatic heterocycles. The van der Waals surface area contributed by atoms with Gasteiger partial charge in [-0.3, -0.25) is 4.79 Å². The zero-order valence-corrected chi connectivity index (χ0v) is 20.2. The number of rotatable bonds is 4. The highest BCUT2D eigenvalue weighted by Gasteiger charge is 2.51. The van der Waals surface area contributed by atoms with Crippen molar-refractivity contribution in [2.75, 3.05) is 13.1 Å². The van der Waals surface area contributed by atoms with Crippen LogP contribution in [0.5, 0.6) is 0 Å². The summed E-state index contributed by atoms with van der Waals surface area (Å²) in [6.07, 6.45) is 4.55. The van der Waals surface area contributed by atoms with Gasteiger partial charge in [0.1, 0.15) is 11.1 Å². The van der Waals surface area contributed by atoms with E-state index in [1.54, 1.807) is 29.2 Å². The lowest BCUT2D eigenvalue weighted by Gasteiger charge is -2.44. The van der Waals surface area contributed by atoms with Crippen molar-refractivity contribution in [3.63, 3.8) is 0 Å². The fourth-order valence-corrected chi connectivity index (χ4v) is 7.23. The summed E-state index contributed by atoms with van der Waals surface area (Å²) >= 11 is 0. The van der Waals surface area contributed by atoms with E-state index < -0.39 is 21.2 Å². The third-order valence-electron chi connectivity index (χ3n) is 7.53. The summed E-state index contributed by atoms with van der Waals surface area (Å²) in [5, 5.41) is 0. The van der Waals surface area contributed by atoms with Crippen molar-refractivity contribution in [3.8, 4) is 0 Å². The van der Waals surface area contributed by atoms with Crippen molar-refractivity contribution < 1.29 is 22.7 Å². The third-order valence-corrected chi connectivity index (χ3v) is 9.06. The van der Waals surface area contributed by atoms with Crippen LogP contribution in [-0.4, -0.2) is 43.8 Å². The lowest BCUT2D eigenvalue weighted by atomic mass is 9.79. The molecule has 0 atom stereocenters. The molecule has 2 aromatic rings. The van der Waals surface area contributed by atoms with E-state index in [2.05, 4.69) is 4.72 Å². The summed E-state index contributed by atoms with van der Waals surface area (Å²) in [5.74, 6) is -0.485. The standard InChI is InChI=1S/C26H30N2O5S/c1-19-8-7-9-20(18-19)34(31,32)27-25(12-5-2-6-13-25)24(30)28-16-14-26(15-17-28)22-11-4-3-10-21(22)23(29)33-26/h3-4,7-11,18,27H,2,5-6,12-17H2,1H3. The molecule has 1 N–H and O–H groups in total. The van der Waals surface area contributed by atoms with E-state index in [-0.39, 0.29) is 16.8 Å². The summed E-state index contributed by atoms with van der Waals surface area (Å²) in [4.78, 5) is 28.2. The van der Waals surface area contributed by atoms with Gasteiger partial charge in [-0.1, -0.05) is 49.6 Å². The predicted molar refractivity (Wildman–Crippen MR) is 127 cm³/mol. The van der Waals surface area contributed by atoms with Gasteiger partial charge in [0.2, 0.25) is 15.9 Å². The van der Waals surface area contributed by atoms with Gasteiger partial charge in [-0.2, -0.15) is 4.72 Å². The number of hydrogen-bond acceptors (Lipinski definition) is 5. The summed E-state index contributed by atoms with van der Waals surface area (Å²) in [6, 6.07) is 14.2. The highest BCUT2D eigenvalue weighted by atomic mass is 32.2. The minimum atomic E-state index is -3.86. The number of benzene rings is 2. The van der Waals surface area contributed by atoms with Crippen LogP contribution in [0.3, 0.4) is 0 Å². The average Bonchev–Trinajstić information content (AvgIpc) is 3.11. The predicted octanol–water partition coefficient (Wildman–Crippen LogP) is 3.66. The van der Waals surface area contributed by atoms with Crippen LogP contribution >= 0.6 is 0 Å². The van der Waals surface area contributed by atoms with Crippen molar-refractivity contribution in [1.29, 1.82) is 0 Å².